The van der Waals surface area contributed by atoms with Crippen molar-refractivity contribution in [2.24, 2.45) is 0 Å². The number of aromatic nitrogens is 4. The topological polar surface area (TPSA) is 113 Å². The predicted molar refractivity (Wildman–Crippen MR) is 83.3 cm³/mol. The summed E-state index contributed by atoms with van der Waals surface area (Å²) < 4.78 is 2.06. The van der Waals surface area contributed by atoms with Crippen molar-refractivity contribution in [2.45, 2.75) is 50.3 Å². The van der Waals surface area contributed by atoms with E-state index in [1.165, 1.54) is 12.3 Å². The van der Waals surface area contributed by atoms with Crippen molar-refractivity contribution in [1.29, 1.82) is 0 Å². The molecule has 2 saturated carbocycles. The van der Waals surface area contributed by atoms with Gasteiger partial charge in [-0.3, -0.25) is 4.79 Å². The summed E-state index contributed by atoms with van der Waals surface area (Å²) in [6.07, 6.45) is 5.23. The summed E-state index contributed by atoms with van der Waals surface area (Å²) in [7, 11) is 0. The summed E-state index contributed by atoms with van der Waals surface area (Å²) in [6, 6.07) is 3.47. The second-order valence-corrected chi connectivity index (χ2v) is 6.44. The fourth-order valence-corrected chi connectivity index (χ4v) is 3.23. The zero-order valence-corrected chi connectivity index (χ0v) is 13.1. The number of pyridine rings is 1. The Labute approximate surface area is 138 Å². The number of amides is 1. The van der Waals surface area contributed by atoms with Gasteiger partial charge in [0.05, 0.1) is 0 Å². The summed E-state index contributed by atoms with van der Waals surface area (Å²) in [5, 5.41) is 30.3. The number of hydrogen-bond acceptors (Lipinski definition) is 6. The molecule has 2 aliphatic rings. The molecule has 2 aliphatic carbocycles. The van der Waals surface area contributed by atoms with Gasteiger partial charge in [0, 0.05) is 24.2 Å². The average molecular weight is 329 g/mol. The van der Waals surface area contributed by atoms with E-state index in [9.17, 15) is 15.0 Å². The minimum atomic E-state index is -0.365. The second-order valence-electron chi connectivity index (χ2n) is 6.44. The van der Waals surface area contributed by atoms with E-state index in [1.807, 2.05) is 0 Å². The van der Waals surface area contributed by atoms with Crippen LogP contribution in [0.15, 0.2) is 18.3 Å². The van der Waals surface area contributed by atoms with Crippen LogP contribution < -0.4 is 5.32 Å². The SMILES string of the molecule is O=C(NC1CC(c2nnc(CO)n2C2CC2)C1)c1ncccc1O. The van der Waals surface area contributed by atoms with E-state index in [4.69, 9.17) is 0 Å². The molecule has 8 heteroatoms. The third-order valence-corrected chi connectivity index (χ3v) is 4.69. The summed E-state index contributed by atoms with van der Waals surface area (Å²) >= 11 is 0. The van der Waals surface area contributed by atoms with Crippen LogP contribution >= 0.6 is 0 Å². The maximum atomic E-state index is 12.1. The van der Waals surface area contributed by atoms with Crippen LogP contribution in [-0.2, 0) is 6.61 Å². The van der Waals surface area contributed by atoms with E-state index in [1.54, 1.807) is 6.07 Å². The maximum absolute atomic E-state index is 12.1. The number of rotatable bonds is 5. The molecule has 0 radical (unpaired) electrons. The Morgan fingerprint density at radius 1 is 1.33 bits per heavy atom. The normalized spacial score (nSPS) is 22.9. The molecule has 0 saturated heterocycles. The Morgan fingerprint density at radius 2 is 2.12 bits per heavy atom. The van der Waals surface area contributed by atoms with Crippen LogP contribution in [0.3, 0.4) is 0 Å². The molecule has 8 nitrogen and oxygen atoms in total. The summed E-state index contributed by atoms with van der Waals surface area (Å²) in [6.45, 7) is -0.102. The van der Waals surface area contributed by atoms with Crippen molar-refractivity contribution in [2.75, 3.05) is 0 Å². The number of nitrogens with zero attached hydrogens (tertiary/aromatic N) is 4. The highest BCUT2D eigenvalue weighted by molar-refractivity contribution is 5.94. The summed E-state index contributed by atoms with van der Waals surface area (Å²) in [5.41, 5.74) is 0.0460. The van der Waals surface area contributed by atoms with Crippen LogP contribution in [0.1, 0.15) is 59.8 Å². The highest BCUT2D eigenvalue weighted by Crippen LogP contribution is 2.42. The lowest BCUT2D eigenvalue weighted by atomic mass is 9.79. The molecule has 2 aromatic rings. The van der Waals surface area contributed by atoms with Crippen LogP contribution in [0.2, 0.25) is 0 Å². The molecule has 2 aromatic heterocycles. The summed E-state index contributed by atoms with van der Waals surface area (Å²) in [4.78, 5) is 16.1. The van der Waals surface area contributed by atoms with E-state index in [-0.39, 0.29) is 35.9 Å². The number of aliphatic hydroxyl groups is 1. The number of aromatic hydroxyl groups is 1. The van der Waals surface area contributed by atoms with Crippen molar-refractivity contribution >= 4 is 5.91 Å². The lowest BCUT2D eigenvalue weighted by molar-refractivity contribution is 0.0898. The highest BCUT2D eigenvalue weighted by atomic mass is 16.3. The zero-order valence-electron chi connectivity index (χ0n) is 13.1. The minimum absolute atomic E-state index is 0.0332. The Hall–Kier alpha value is -2.48. The first-order valence-corrected chi connectivity index (χ1v) is 8.16. The predicted octanol–water partition coefficient (Wildman–Crippen LogP) is 0.882. The molecule has 2 fully saturated rings. The fourth-order valence-electron chi connectivity index (χ4n) is 3.23. The van der Waals surface area contributed by atoms with Gasteiger partial charge in [0.2, 0.25) is 0 Å². The molecular formula is C16H19N5O3. The molecule has 1 amide bonds. The Bertz CT molecular complexity index is 765. The maximum Gasteiger partial charge on any atom is 0.273 e. The molecule has 24 heavy (non-hydrogen) atoms. The standard InChI is InChI=1S/C16H19N5O3/c22-8-13-19-20-15(21(13)11-3-4-11)9-6-10(7-9)18-16(24)14-12(23)2-1-5-17-14/h1-2,5,9-11,22-23H,3-4,6-8H2,(H,18,24). The van der Waals surface area contributed by atoms with Gasteiger partial charge in [-0.2, -0.15) is 0 Å². The monoisotopic (exact) mass is 329 g/mol. The van der Waals surface area contributed by atoms with Crippen molar-refractivity contribution in [3.63, 3.8) is 0 Å². The fraction of sp³-hybridized carbons (Fsp3) is 0.500. The van der Waals surface area contributed by atoms with Gasteiger partial charge in [0.25, 0.3) is 5.91 Å². The van der Waals surface area contributed by atoms with Gasteiger partial charge in [-0.05, 0) is 37.8 Å². The van der Waals surface area contributed by atoms with Gasteiger partial charge in [-0.1, -0.05) is 0 Å². The molecule has 3 N–H and O–H groups in total. The van der Waals surface area contributed by atoms with E-state index >= 15 is 0 Å². The van der Waals surface area contributed by atoms with Crippen LogP contribution in [0.25, 0.3) is 0 Å². The Kier molecular flexibility index (Phi) is 3.68. The van der Waals surface area contributed by atoms with E-state index in [0.717, 1.165) is 31.5 Å². The van der Waals surface area contributed by atoms with Crippen molar-refractivity contribution in [3.8, 4) is 5.75 Å². The third kappa shape index (κ3) is 2.62. The highest BCUT2D eigenvalue weighted by Gasteiger charge is 2.38. The lowest BCUT2D eigenvalue weighted by Crippen LogP contribution is -2.44. The molecule has 0 atom stereocenters. The molecule has 0 aliphatic heterocycles. The Morgan fingerprint density at radius 3 is 2.79 bits per heavy atom. The molecule has 4 rings (SSSR count). The van der Waals surface area contributed by atoms with Crippen LogP contribution in [0.4, 0.5) is 0 Å². The molecule has 0 aromatic carbocycles. The second kappa shape index (κ2) is 5.86. The van der Waals surface area contributed by atoms with Crippen molar-refractivity contribution in [1.82, 2.24) is 25.1 Å². The van der Waals surface area contributed by atoms with E-state index in [2.05, 4.69) is 25.1 Å². The molecule has 2 heterocycles. The van der Waals surface area contributed by atoms with Gasteiger partial charge in [0.15, 0.2) is 11.5 Å². The number of carbonyl (C=O) groups is 1. The van der Waals surface area contributed by atoms with E-state index in [0.29, 0.717) is 11.9 Å². The quantitative estimate of drug-likeness (QED) is 0.750. The number of nitrogens with one attached hydrogen (secondary N) is 1. The van der Waals surface area contributed by atoms with Crippen LogP contribution in [-0.4, -0.2) is 41.9 Å². The number of carbonyl (C=O) groups excluding carboxylic acids is 1. The molecule has 0 spiro atoms. The van der Waals surface area contributed by atoms with E-state index < -0.39 is 0 Å². The van der Waals surface area contributed by atoms with Gasteiger partial charge in [-0.15, -0.1) is 10.2 Å². The van der Waals surface area contributed by atoms with Crippen LogP contribution in [0.5, 0.6) is 5.75 Å². The van der Waals surface area contributed by atoms with Gasteiger partial charge >= 0.3 is 0 Å². The van der Waals surface area contributed by atoms with Gasteiger partial charge < -0.3 is 20.1 Å². The largest absolute Gasteiger partial charge is 0.505 e. The number of aliphatic hydroxyl groups excluding tert-OH is 1. The third-order valence-electron chi connectivity index (χ3n) is 4.69. The van der Waals surface area contributed by atoms with Crippen LogP contribution in [0, 0.1) is 0 Å². The molecule has 0 bridgehead atoms. The first-order valence-electron chi connectivity index (χ1n) is 8.16. The smallest absolute Gasteiger partial charge is 0.273 e. The van der Waals surface area contributed by atoms with Crippen molar-refractivity contribution < 1.29 is 15.0 Å². The average Bonchev–Trinajstić information content (AvgIpc) is 3.30. The lowest BCUT2D eigenvalue weighted by Gasteiger charge is -2.35. The first-order chi connectivity index (χ1) is 11.7. The number of hydrogen-bond donors (Lipinski definition) is 3. The van der Waals surface area contributed by atoms with Gasteiger partial charge in [-0.25, -0.2) is 4.98 Å². The zero-order chi connectivity index (χ0) is 16.7. The molecular weight excluding hydrogens is 310 g/mol. The molecule has 126 valence electrons. The molecule has 0 unspecified atom stereocenters. The summed E-state index contributed by atoms with van der Waals surface area (Å²) in [5.74, 6) is 1.29. The first kappa shape index (κ1) is 15.1. The minimum Gasteiger partial charge on any atom is -0.505 e. The Balaban J connectivity index is 1.40. The van der Waals surface area contributed by atoms with Crippen molar-refractivity contribution in [3.05, 3.63) is 35.7 Å². The van der Waals surface area contributed by atoms with Gasteiger partial charge in [0.1, 0.15) is 18.2 Å².